The van der Waals surface area contributed by atoms with Crippen LogP contribution in [0, 0.1) is 6.92 Å². The van der Waals surface area contributed by atoms with Crippen molar-refractivity contribution in [3.63, 3.8) is 0 Å². The van der Waals surface area contributed by atoms with E-state index in [4.69, 9.17) is 10.5 Å². The number of fused-ring (bicyclic) bond motifs is 3. The Labute approximate surface area is 200 Å². The van der Waals surface area contributed by atoms with E-state index in [0.717, 1.165) is 27.6 Å². The zero-order chi connectivity index (χ0) is 24.1. The van der Waals surface area contributed by atoms with Crippen LogP contribution >= 0.6 is 0 Å². The molecule has 5 N–H and O–H groups in total. The average molecular weight is 473 g/mol. The molecule has 1 amide bonds. The Hall–Kier alpha value is -4.25. The van der Waals surface area contributed by atoms with E-state index < -0.39 is 6.10 Å². The standard InChI is InChI=1S/C24H24N8O3/c1-12-15(9-28-24-22(12)18(33)3-5-35-24)17-6-13-7-19(27-10-16(13)23(25)29-17)30-20-8-14-2-4-26-21(34)11-32(14)31-20/h6-10,18,33H,2-5,11H2,1H3,(H2,25,29)(H,26,34)(H,27,30,31)/t18-/m0/s1. The first-order valence-corrected chi connectivity index (χ1v) is 11.4. The highest BCUT2D eigenvalue weighted by Crippen LogP contribution is 2.38. The topological polar surface area (TPSA) is 153 Å². The van der Waals surface area contributed by atoms with Gasteiger partial charge in [0, 0.05) is 60.1 Å². The minimum Gasteiger partial charge on any atom is -0.477 e. The summed E-state index contributed by atoms with van der Waals surface area (Å²) < 4.78 is 7.32. The van der Waals surface area contributed by atoms with Crippen LogP contribution in [0.1, 0.15) is 29.3 Å². The molecule has 0 fully saturated rings. The smallest absolute Gasteiger partial charge is 0.241 e. The molecule has 6 rings (SSSR count). The number of hydrogen-bond donors (Lipinski definition) is 4. The largest absolute Gasteiger partial charge is 0.477 e. The maximum absolute atomic E-state index is 11.8. The van der Waals surface area contributed by atoms with Gasteiger partial charge in [0.15, 0.2) is 5.82 Å². The maximum atomic E-state index is 11.8. The number of nitrogen functional groups attached to an aromatic ring is 1. The summed E-state index contributed by atoms with van der Waals surface area (Å²) in [6.45, 7) is 3.16. The highest BCUT2D eigenvalue weighted by molar-refractivity contribution is 5.95. The van der Waals surface area contributed by atoms with Gasteiger partial charge < -0.3 is 26.2 Å². The van der Waals surface area contributed by atoms with Gasteiger partial charge >= 0.3 is 0 Å². The fourth-order valence-electron chi connectivity index (χ4n) is 4.66. The fourth-order valence-corrected chi connectivity index (χ4v) is 4.66. The molecule has 0 aliphatic carbocycles. The molecule has 0 saturated heterocycles. The van der Waals surface area contributed by atoms with E-state index in [1.165, 1.54) is 0 Å². The molecule has 0 radical (unpaired) electrons. The third-order valence-corrected chi connectivity index (χ3v) is 6.45. The van der Waals surface area contributed by atoms with Crippen molar-refractivity contribution in [2.24, 2.45) is 0 Å². The number of hydrogen-bond acceptors (Lipinski definition) is 9. The second-order valence-electron chi connectivity index (χ2n) is 8.76. The SMILES string of the molecule is Cc1c(-c2cc3cc(Nc4cc5n(n4)CC(=O)NCC5)ncc3c(N)n2)cnc2c1[C@@H](O)CCO2. The summed E-state index contributed by atoms with van der Waals surface area (Å²) in [5, 5.41) is 22.6. The van der Waals surface area contributed by atoms with Crippen LogP contribution in [0.3, 0.4) is 0 Å². The molecular weight excluding hydrogens is 448 g/mol. The van der Waals surface area contributed by atoms with Gasteiger partial charge in [-0.3, -0.25) is 9.48 Å². The minimum atomic E-state index is -0.625. The monoisotopic (exact) mass is 472 g/mol. The number of nitrogens with one attached hydrogen (secondary N) is 2. The molecule has 0 aromatic carbocycles. The lowest BCUT2D eigenvalue weighted by Gasteiger charge is -2.24. The van der Waals surface area contributed by atoms with Crippen molar-refractivity contribution >= 4 is 34.1 Å². The van der Waals surface area contributed by atoms with Crippen molar-refractivity contribution < 1.29 is 14.6 Å². The van der Waals surface area contributed by atoms with Crippen LogP contribution in [0.2, 0.25) is 0 Å². The Kier molecular flexibility index (Phi) is 4.99. The second-order valence-corrected chi connectivity index (χ2v) is 8.76. The number of aliphatic hydroxyl groups excluding tert-OH is 1. The van der Waals surface area contributed by atoms with Crippen molar-refractivity contribution in [1.29, 1.82) is 0 Å². The van der Waals surface area contributed by atoms with Gasteiger partial charge in [-0.1, -0.05) is 0 Å². The Morgan fingerprint density at radius 3 is 3.00 bits per heavy atom. The molecule has 6 heterocycles. The number of amides is 1. The predicted octanol–water partition coefficient (Wildman–Crippen LogP) is 2.01. The van der Waals surface area contributed by atoms with Crippen molar-refractivity contribution in [2.45, 2.75) is 32.4 Å². The van der Waals surface area contributed by atoms with Crippen LogP contribution in [-0.4, -0.2) is 48.9 Å². The Bertz CT molecular complexity index is 1480. The first kappa shape index (κ1) is 21.3. The number of carbonyl (C=O) groups excluding carboxylic acids is 1. The molecule has 178 valence electrons. The van der Waals surface area contributed by atoms with Crippen LogP contribution in [0.5, 0.6) is 5.88 Å². The van der Waals surface area contributed by atoms with Gasteiger partial charge in [0.1, 0.15) is 18.2 Å². The molecule has 2 aliphatic heterocycles. The van der Waals surface area contributed by atoms with E-state index in [1.807, 2.05) is 25.1 Å². The number of anilines is 3. The van der Waals surface area contributed by atoms with Gasteiger partial charge in [0.2, 0.25) is 11.8 Å². The Balaban J connectivity index is 1.36. The number of aliphatic hydroxyl groups is 1. The molecule has 11 nitrogen and oxygen atoms in total. The van der Waals surface area contributed by atoms with E-state index >= 15 is 0 Å². The molecule has 0 bridgehead atoms. The zero-order valence-corrected chi connectivity index (χ0v) is 19.1. The molecule has 0 unspecified atom stereocenters. The molecule has 4 aromatic rings. The zero-order valence-electron chi connectivity index (χ0n) is 19.1. The highest BCUT2D eigenvalue weighted by atomic mass is 16.5. The number of aromatic nitrogens is 5. The Morgan fingerprint density at radius 1 is 1.23 bits per heavy atom. The van der Waals surface area contributed by atoms with Gasteiger partial charge in [-0.25, -0.2) is 15.0 Å². The molecule has 0 spiro atoms. The number of nitrogens with two attached hydrogens (primary N) is 1. The normalized spacial score (nSPS) is 17.2. The van der Waals surface area contributed by atoms with Gasteiger partial charge in [-0.05, 0) is 30.0 Å². The van der Waals surface area contributed by atoms with Crippen LogP contribution in [-0.2, 0) is 17.8 Å². The first-order valence-electron chi connectivity index (χ1n) is 11.4. The second kappa shape index (κ2) is 8.20. The lowest BCUT2D eigenvalue weighted by atomic mass is 9.95. The average Bonchev–Trinajstić information content (AvgIpc) is 3.10. The molecule has 11 heteroatoms. The summed E-state index contributed by atoms with van der Waals surface area (Å²) in [5.41, 5.74) is 10.3. The summed E-state index contributed by atoms with van der Waals surface area (Å²) in [6, 6.07) is 5.74. The third-order valence-electron chi connectivity index (χ3n) is 6.45. The minimum absolute atomic E-state index is 0.0521. The Morgan fingerprint density at radius 2 is 2.11 bits per heavy atom. The summed E-state index contributed by atoms with van der Waals surface area (Å²) in [7, 11) is 0. The van der Waals surface area contributed by atoms with Crippen LogP contribution in [0.15, 0.2) is 30.6 Å². The van der Waals surface area contributed by atoms with Crippen LogP contribution < -0.4 is 21.1 Å². The molecule has 2 aliphatic rings. The molecular formula is C24H24N8O3. The van der Waals surface area contributed by atoms with Crippen molar-refractivity contribution in [3.8, 4) is 17.1 Å². The van der Waals surface area contributed by atoms with Gasteiger partial charge in [-0.15, -0.1) is 0 Å². The van der Waals surface area contributed by atoms with Gasteiger partial charge in [-0.2, -0.15) is 5.10 Å². The summed E-state index contributed by atoms with van der Waals surface area (Å²) in [6.07, 6.45) is 3.99. The van der Waals surface area contributed by atoms with Gasteiger partial charge in [0.25, 0.3) is 0 Å². The van der Waals surface area contributed by atoms with E-state index in [-0.39, 0.29) is 12.5 Å². The number of nitrogens with zero attached hydrogens (tertiary/aromatic N) is 5. The number of rotatable bonds is 3. The fraction of sp³-hybridized carbons (Fsp3) is 0.292. The van der Waals surface area contributed by atoms with Crippen molar-refractivity contribution in [3.05, 3.63) is 47.4 Å². The number of carbonyl (C=O) groups is 1. The van der Waals surface area contributed by atoms with Crippen molar-refractivity contribution in [1.82, 2.24) is 30.0 Å². The summed E-state index contributed by atoms with van der Waals surface area (Å²) >= 11 is 0. The summed E-state index contributed by atoms with van der Waals surface area (Å²) in [5.74, 6) is 1.97. The van der Waals surface area contributed by atoms with Crippen LogP contribution in [0.4, 0.5) is 17.5 Å². The lowest BCUT2D eigenvalue weighted by molar-refractivity contribution is -0.121. The summed E-state index contributed by atoms with van der Waals surface area (Å²) in [4.78, 5) is 25.3. The third kappa shape index (κ3) is 3.79. The maximum Gasteiger partial charge on any atom is 0.241 e. The first-order chi connectivity index (χ1) is 17.0. The molecule has 0 saturated carbocycles. The lowest BCUT2D eigenvalue weighted by Crippen LogP contribution is -2.25. The van der Waals surface area contributed by atoms with Crippen LogP contribution in [0.25, 0.3) is 22.0 Å². The molecule has 1 atom stereocenters. The van der Waals surface area contributed by atoms with E-state index in [1.54, 1.807) is 17.1 Å². The number of ether oxygens (including phenoxy) is 1. The number of pyridine rings is 3. The predicted molar refractivity (Wildman–Crippen MR) is 129 cm³/mol. The van der Waals surface area contributed by atoms with E-state index in [0.29, 0.717) is 60.6 Å². The molecule has 35 heavy (non-hydrogen) atoms. The highest BCUT2D eigenvalue weighted by Gasteiger charge is 2.25. The van der Waals surface area contributed by atoms with E-state index in [9.17, 15) is 9.90 Å². The van der Waals surface area contributed by atoms with Crippen molar-refractivity contribution in [2.75, 3.05) is 24.2 Å². The van der Waals surface area contributed by atoms with Gasteiger partial charge in [0.05, 0.1) is 18.4 Å². The molecule has 4 aromatic heterocycles. The quantitative estimate of drug-likeness (QED) is 0.351. The van der Waals surface area contributed by atoms with E-state index in [2.05, 4.69) is 30.7 Å².